The molecule has 2 atom stereocenters. The zero-order valence-corrected chi connectivity index (χ0v) is 11.5. The molecule has 1 aliphatic carbocycles. The molecule has 2 unspecified atom stereocenters. The van der Waals surface area contributed by atoms with Crippen molar-refractivity contribution in [2.24, 2.45) is 0 Å². The first kappa shape index (κ1) is 14.9. The summed E-state index contributed by atoms with van der Waals surface area (Å²) in [5, 5.41) is 5.24. The molecule has 8 heteroatoms. The van der Waals surface area contributed by atoms with Crippen LogP contribution in [0.5, 0.6) is 0 Å². The molecule has 1 rings (SSSR count). The zero-order chi connectivity index (χ0) is 10.3. The Hall–Kier alpha value is 0.930. The van der Waals surface area contributed by atoms with E-state index in [1.165, 1.54) is 12.2 Å². The van der Waals surface area contributed by atoms with Crippen molar-refractivity contribution in [1.29, 1.82) is 0 Å². The number of allylic oxidation sites excluding steroid dienone is 2. The largest absolute Gasteiger partial charge is 1.00 e. The predicted molar refractivity (Wildman–Crippen MR) is 50.3 cm³/mol. The number of aliphatic hydroxyl groups is 1. The van der Waals surface area contributed by atoms with Crippen LogP contribution in [-0.4, -0.2) is 28.4 Å². The molecule has 0 aromatic carbocycles. The molecular formula is C6H7Cl2NaO4S. The average Bonchev–Trinajstić information content (AvgIpc) is 1.92. The van der Waals surface area contributed by atoms with Crippen molar-refractivity contribution in [3.05, 3.63) is 23.3 Å². The Labute approximate surface area is 115 Å². The van der Waals surface area contributed by atoms with Crippen molar-refractivity contribution in [2.75, 3.05) is 0 Å². The first-order chi connectivity index (χ1) is 5.76. The Kier molecular flexibility index (Phi) is 5.16. The van der Waals surface area contributed by atoms with Crippen LogP contribution in [0.1, 0.15) is 1.43 Å². The van der Waals surface area contributed by atoms with E-state index in [1.807, 2.05) is 0 Å². The Morgan fingerprint density at radius 2 is 2.07 bits per heavy atom. The van der Waals surface area contributed by atoms with E-state index in [9.17, 15) is 13.5 Å². The fourth-order valence-corrected chi connectivity index (χ4v) is 2.46. The smallest absolute Gasteiger partial charge is 1.00 e. The van der Waals surface area contributed by atoms with Crippen LogP contribution in [0.25, 0.3) is 0 Å². The van der Waals surface area contributed by atoms with E-state index in [-0.39, 0.29) is 36.0 Å². The molecule has 0 aliphatic heterocycles. The molecule has 0 spiro atoms. The second-order valence-corrected chi connectivity index (χ2v) is 5.03. The third-order valence-corrected chi connectivity index (χ3v) is 3.78. The topological polar surface area (TPSA) is 74.6 Å². The van der Waals surface area contributed by atoms with Crippen LogP contribution in [0.2, 0.25) is 0 Å². The first-order valence-electron chi connectivity index (χ1n) is 3.18. The van der Waals surface area contributed by atoms with E-state index in [0.29, 0.717) is 0 Å². The molecule has 0 bridgehead atoms. The molecule has 0 heterocycles. The molecule has 0 aromatic heterocycles. The van der Waals surface area contributed by atoms with Crippen molar-refractivity contribution in [1.82, 2.24) is 0 Å². The van der Waals surface area contributed by atoms with E-state index in [0.717, 1.165) is 6.08 Å². The normalized spacial score (nSPS) is 32.0. The van der Waals surface area contributed by atoms with E-state index < -0.39 is 20.4 Å². The van der Waals surface area contributed by atoms with Crippen LogP contribution in [0, 0.1) is 0 Å². The van der Waals surface area contributed by atoms with Gasteiger partial charge in [-0.05, 0) is 6.08 Å². The summed E-state index contributed by atoms with van der Waals surface area (Å²) in [5.41, 5.74) is 0. The quantitative estimate of drug-likeness (QED) is 0.327. The summed E-state index contributed by atoms with van der Waals surface area (Å²) < 4.78 is 30.1. The zero-order valence-electron chi connectivity index (χ0n) is 8.18. The molecule has 1 aliphatic rings. The van der Waals surface area contributed by atoms with Gasteiger partial charge in [0.2, 0.25) is 0 Å². The van der Waals surface area contributed by atoms with Gasteiger partial charge in [0, 0.05) is 0 Å². The standard InChI is InChI=1S/C6H6Cl2O4S.Na.H/c7-4-2-1-3-5(6(4,8)9)13(10,11)12;;/h1-3,5,9H,(H,10,11,12);;/q;+1;-1. The molecule has 0 saturated heterocycles. The number of alkyl halides is 1. The van der Waals surface area contributed by atoms with Gasteiger partial charge in [-0.3, -0.25) is 4.55 Å². The molecular weight excluding hydrogens is 262 g/mol. The second-order valence-electron chi connectivity index (χ2n) is 2.51. The minimum Gasteiger partial charge on any atom is -1.00 e. The first-order valence-corrected chi connectivity index (χ1v) is 5.44. The molecule has 0 aromatic rings. The van der Waals surface area contributed by atoms with E-state index in [4.69, 9.17) is 27.8 Å². The number of rotatable bonds is 1. The average molecular weight is 269 g/mol. The summed E-state index contributed by atoms with van der Waals surface area (Å²) in [6, 6.07) is 0. The summed E-state index contributed by atoms with van der Waals surface area (Å²) in [6.07, 6.45) is 3.59. The molecule has 0 amide bonds. The summed E-state index contributed by atoms with van der Waals surface area (Å²) in [6.45, 7) is 0. The van der Waals surface area contributed by atoms with E-state index >= 15 is 0 Å². The summed E-state index contributed by atoms with van der Waals surface area (Å²) in [4.78, 5) is 0. The minimum atomic E-state index is -4.46. The molecule has 2 N–H and O–H groups in total. The van der Waals surface area contributed by atoms with Crippen LogP contribution in [-0.2, 0) is 10.1 Å². The fraction of sp³-hybridized carbons (Fsp3) is 0.333. The summed E-state index contributed by atoms with van der Waals surface area (Å²) >= 11 is 10.9. The molecule has 4 nitrogen and oxygen atoms in total. The predicted octanol–water partition coefficient (Wildman–Crippen LogP) is -2.02. The van der Waals surface area contributed by atoms with Gasteiger partial charge < -0.3 is 6.53 Å². The van der Waals surface area contributed by atoms with Gasteiger partial charge in [-0.2, -0.15) is 8.42 Å². The van der Waals surface area contributed by atoms with Crippen LogP contribution in [0.15, 0.2) is 23.3 Å². The molecule has 14 heavy (non-hydrogen) atoms. The van der Waals surface area contributed by atoms with Gasteiger partial charge >= 0.3 is 29.6 Å². The van der Waals surface area contributed by atoms with E-state index in [2.05, 4.69) is 0 Å². The van der Waals surface area contributed by atoms with Crippen molar-refractivity contribution < 1.29 is 49.1 Å². The molecule has 76 valence electrons. The molecule has 0 radical (unpaired) electrons. The maximum absolute atomic E-state index is 10.7. The van der Waals surface area contributed by atoms with Gasteiger partial charge in [0.25, 0.3) is 10.1 Å². The van der Waals surface area contributed by atoms with Gasteiger partial charge in [-0.25, -0.2) is 0 Å². The van der Waals surface area contributed by atoms with Gasteiger partial charge in [-0.15, -0.1) is 0 Å². The van der Waals surface area contributed by atoms with Crippen molar-refractivity contribution >= 4 is 33.3 Å². The minimum absolute atomic E-state index is 0. The van der Waals surface area contributed by atoms with Crippen LogP contribution < -0.4 is 29.6 Å². The van der Waals surface area contributed by atoms with Gasteiger partial charge in [0.15, 0.2) is 10.3 Å². The van der Waals surface area contributed by atoms with Crippen molar-refractivity contribution in [2.45, 2.75) is 10.3 Å². The second kappa shape index (κ2) is 4.84. The fourth-order valence-electron chi connectivity index (χ4n) is 0.918. The maximum atomic E-state index is 10.7. The van der Waals surface area contributed by atoms with Crippen LogP contribution in [0.3, 0.4) is 0 Å². The number of halogens is 2. The van der Waals surface area contributed by atoms with Gasteiger partial charge in [0.05, 0.1) is 5.03 Å². The Bertz CT molecular complexity index is 379. The number of hydrogen-bond donors (Lipinski definition) is 2. The Morgan fingerprint density at radius 1 is 1.57 bits per heavy atom. The third-order valence-electron chi connectivity index (χ3n) is 1.56. The van der Waals surface area contributed by atoms with E-state index in [1.54, 1.807) is 0 Å². The summed E-state index contributed by atoms with van der Waals surface area (Å²) in [7, 11) is -4.46. The van der Waals surface area contributed by atoms with Gasteiger partial charge in [-0.1, -0.05) is 35.4 Å². The van der Waals surface area contributed by atoms with Crippen molar-refractivity contribution in [3.63, 3.8) is 0 Å². The number of hydrogen-bond acceptors (Lipinski definition) is 3. The van der Waals surface area contributed by atoms with Crippen LogP contribution >= 0.6 is 23.2 Å². The Balaban J connectivity index is 0. The van der Waals surface area contributed by atoms with Gasteiger partial charge in [0.1, 0.15) is 0 Å². The Morgan fingerprint density at radius 3 is 2.43 bits per heavy atom. The van der Waals surface area contributed by atoms with Crippen molar-refractivity contribution in [3.8, 4) is 0 Å². The SMILES string of the molecule is O=S(=O)(O)C1C=CC=C(Cl)C1(O)Cl.[H-].[Na+]. The monoisotopic (exact) mass is 268 g/mol. The summed E-state index contributed by atoms with van der Waals surface area (Å²) in [5.74, 6) is 0. The third kappa shape index (κ3) is 2.96. The van der Waals surface area contributed by atoms with Crippen LogP contribution in [0.4, 0.5) is 0 Å². The molecule has 0 saturated carbocycles. The molecule has 0 fully saturated rings. The maximum Gasteiger partial charge on any atom is 1.00 e.